The average molecular weight is 388 g/mol. The average Bonchev–Trinajstić information content (AvgIpc) is 2.70. The highest BCUT2D eigenvalue weighted by molar-refractivity contribution is 5.95. The normalized spacial score (nSPS) is 19.7. The molecule has 29 heavy (non-hydrogen) atoms. The van der Waals surface area contributed by atoms with Gasteiger partial charge in [0.1, 0.15) is 0 Å². The molecule has 3 aromatic rings. The van der Waals surface area contributed by atoms with Crippen LogP contribution in [0.25, 0.3) is 10.9 Å². The highest BCUT2D eigenvalue weighted by Crippen LogP contribution is 2.36. The molecule has 1 fully saturated rings. The molecule has 2 atom stereocenters. The second-order valence-electron chi connectivity index (χ2n) is 9.02. The van der Waals surface area contributed by atoms with Crippen LogP contribution < -0.4 is 10.2 Å². The smallest absolute Gasteiger partial charge is 0.0726 e. The number of para-hydroxylation sites is 1. The Labute approximate surface area is 175 Å². The number of rotatable bonds is 4. The Bertz CT molecular complexity index is 991. The fraction of sp³-hybridized carbons (Fsp3) is 0.423. The molecule has 152 valence electrons. The zero-order valence-electron chi connectivity index (χ0n) is 18.4. The Morgan fingerprint density at radius 3 is 2.41 bits per heavy atom. The van der Waals surface area contributed by atoms with Crippen molar-refractivity contribution in [1.29, 1.82) is 0 Å². The topological polar surface area (TPSA) is 28.2 Å². The second kappa shape index (κ2) is 8.06. The molecule has 0 bridgehead atoms. The van der Waals surface area contributed by atoms with Gasteiger partial charge in [0.2, 0.25) is 0 Å². The second-order valence-corrected chi connectivity index (χ2v) is 9.02. The van der Waals surface area contributed by atoms with Gasteiger partial charge in [-0.05, 0) is 61.4 Å². The minimum Gasteiger partial charge on any atom is -0.371 e. The molecular weight excluding hydrogens is 354 g/mol. The van der Waals surface area contributed by atoms with Gasteiger partial charge in [0.25, 0.3) is 0 Å². The summed E-state index contributed by atoms with van der Waals surface area (Å²) in [6, 6.07) is 17.4. The first-order chi connectivity index (χ1) is 13.9. The number of pyridine rings is 1. The van der Waals surface area contributed by atoms with Crippen molar-refractivity contribution in [3.63, 3.8) is 0 Å². The quantitative estimate of drug-likeness (QED) is 0.528. The van der Waals surface area contributed by atoms with Crippen molar-refractivity contribution in [2.45, 2.75) is 47.0 Å². The summed E-state index contributed by atoms with van der Waals surface area (Å²) in [4.78, 5) is 7.37. The van der Waals surface area contributed by atoms with E-state index in [4.69, 9.17) is 4.98 Å². The Morgan fingerprint density at radius 1 is 1.00 bits per heavy atom. The van der Waals surface area contributed by atoms with Crippen molar-refractivity contribution in [2.75, 3.05) is 23.3 Å². The SMILES string of the molecule is Cc1nc2ccccc2c(Nc2ccc(N3CCC(C)C(C)C3)cc2)c1C(C)C. The number of piperidine rings is 1. The lowest BCUT2D eigenvalue weighted by Crippen LogP contribution is -2.38. The van der Waals surface area contributed by atoms with Crippen LogP contribution in [0.3, 0.4) is 0 Å². The third-order valence-corrected chi connectivity index (χ3v) is 6.53. The molecule has 0 spiro atoms. The number of fused-ring (bicyclic) bond motifs is 1. The summed E-state index contributed by atoms with van der Waals surface area (Å²) in [5.41, 5.74) is 7.10. The van der Waals surface area contributed by atoms with Gasteiger partial charge in [0.05, 0.1) is 11.2 Å². The van der Waals surface area contributed by atoms with Crippen LogP contribution in [0.4, 0.5) is 17.1 Å². The first kappa shape index (κ1) is 19.8. The van der Waals surface area contributed by atoms with Gasteiger partial charge in [-0.1, -0.05) is 45.9 Å². The summed E-state index contributed by atoms with van der Waals surface area (Å²) in [5.74, 6) is 1.98. The molecule has 2 heterocycles. The lowest BCUT2D eigenvalue weighted by atomic mass is 9.88. The van der Waals surface area contributed by atoms with Gasteiger partial charge >= 0.3 is 0 Å². The van der Waals surface area contributed by atoms with Gasteiger partial charge in [-0.3, -0.25) is 4.98 Å². The summed E-state index contributed by atoms with van der Waals surface area (Å²) in [7, 11) is 0. The van der Waals surface area contributed by atoms with Gasteiger partial charge in [0.15, 0.2) is 0 Å². The maximum Gasteiger partial charge on any atom is 0.0726 e. The Kier molecular flexibility index (Phi) is 5.49. The summed E-state index contributed by atoms with van der Waals surface area (Å²) in [6.45, 7) is 13.7. The molecule has 3 heteroatoms. The molecule has 2 aromatic carbocycles. The van der Waals surface area contributed by atoms with Crippen LogP contribution in [0.5, 0.6) is 0 Å². The molecule has 1 aromatic heterocycles. The number of hydrogen-bond acceptors (Lipinski definition) is 3. The van der Waals surface area contributed by atoms with E-state index in [1.54, 1.807) is 0 Å². The first-order valence-corrected chi connectivity index (χ1v) is 10.9. The van der Waals surface area contributed by atoms with Crippen molar-refractivity contribution < 1.29 is 0 Å². The van der Waals surface area contributed by atoms with E-state index in [-0.39, 0.29) is 0 Å². The van der Waals surface area contributed by atoms with E-state index in [1.165, 1.54) is 28.7 Å². The van der Waals surface area contributed by atoms with E-state index in [0.29, 0.717) is 5.92 Å². The Balaban J connectivity index is 1.64. The van der Waals surface area contributed by atoms with E-state index in [9.17, 15) is 0 Å². The van der Waals surface area contributed by atoms with Crippen molar-refractivity contribution in [1.82, 2.24) is 4.98 Å². The molecule has 0 aliphatic carbocycles. The zero-order chi connectivity index (χ0) is 20.5. The summed E-state index contributed by atoms with van der Waals surface area (Å²) >= 11 is 0. The van der Waals surface area contributed by atoms with Crippen LogP contribution in [0.15, 0.2) is 48.5 Å². The molecule has 1 aliphatic rings. The molecule has 2 unspecified atom stereocenters. The number of aromatic nitrogens is 1. The molecule has 4 rings (SSSR count). The first-order valence-electron chi connectivity index (χ1n) is 10.9. The molecule has 0 radical (unpaired) electrons. The molecule has 1 aliphatic heterocycles. The van der Waals surface area contributed by atoms with Crippen LogP contribution >= 0.6 is 0 Å². The fourth-order valence-electron chi connectivity index (χ4n) is 4.59. The van der Waals surface area contributed by atoms with Gasteiger partial charge in [-0.2, -0.15) is 0 Å². The van der Waals surface area contributed by atoms with Crippen LogP contribution in [0.2, 0.25) is 0 Å². The van der Waals surface area contributed by atoms with E-state index in [0.717, 1.165) is 41.8 Å². The Morgan fingerprint density at radius 2 is 1.72 bits per heavy atom. The maximum absolute atomic E-state index is 4.84. The van der Waals surface area contributed by atoms with Gasteiger partial charge in [-0.15, -0.1) is 0 Å². The van der Waals surface area contributed by atoms with Crippen LogP contribution in [-0.4, -0.2) is 18.1 Å². The monoisotopic (exact) mass is 387 g/mol. The number of aryl methyl sites for hydroxylation is 1. The molecule has 1 saturated heterocycles. The molecule has 0 saturated carbocycles. The number of nitrogens with zero attached hydrogens (tertiary/aromatic N) is 2. The Hall–Kier alpha value is -2.55. The van der Waals surface area contributed by atoms with Crippen molar-refractivity contribution in [3.05, 3.63) is 59.8 Å². The minimum atomic E-state index is 0.408. The standard InChI is InChI=1S/C26H33N3/c1-17(2)25-20(5)27-24-9-7-6-8-23(24)26(25)28-21-10-12-22(13-11-21)29-15-14-18(3)19(4)16-29/h6-13,17-19H,14-16H2,1-5H3,(H,27,28). The van der Waals surface area contributed by atoms with Crippen LogP contribution in [0.1, 0.15) is 51.3 Å². The van der Waals surface area contributed by atoms with Crippen LogP contribution in [-0.2, 0) is 0 Å². The van der Waals surface area contributed by atoms with Crippen molar-refractivity contribution in [2.24, 2.45) is 11.8 Å². The number of benzene rings is 2. The third-order valence-electron chi connectivity index (χ3n) is 6.53. The summed E-state index contributed by atoms with van der Waals surface area (Å²) in [5, 5.41) is 4.91. The van der Waals surface area contributed by atoms with Gasteiger partial charge < -0.3 is 10.2 Å². The van der Waals surface area contributed by atoms with E-state index < -0.39 is 0 Å². The molecule has 0 amide bonds. The van der Waals surface area contributed by atoms with Crippen molar-refractivity contribution >= 4 is 28.0 Å². The third kappa shape index (κ3) is 3.96. The number of anilines is 3. The van der Waals surface area contributed by atoms with Crippen LogP contribution in [0, 0.1) is 18.8 Å². The van der Waals surface area contributed by atoms with E-state index >= 15 is 0 Å². The predicted octanol–water partition coefficient (Wildman–Crippen LogP) is 6.89. The molecule has 3 nitrogen and oxygen atoms in total. The fourth-order valence-corrected chi connectivity index (χ4v) is 4.59. The van der Waals surface area contributed by atoms with Gasteiger partial charge in [0, 0.05) is 41.1 Å². The lowest BCUT2D eigenvalue weighted by molar-refractivity contribution is 0.324. The van der Waals surface area contributed by atoms with E-state index in [2.05, 4.69) is 93.4 Å². The maximum atomic E-state index is 4.84. The molecule has 1 N–H and O–H groups in total. The highest BCUT2D eigenvalue weighted by Gasteiger charge is 2.23. The van der Waals surface area contributed by atoms with E-state index in [1.807, 2.05) is 0 Å². The largest absolute Gasteiger partial charge is 0.371 e. The predicted molar refractivity (Wildman–Crippen MR) is 125 cm³/mol. The summed E-state index contributed by atoms with van der Waals surface area (Å²) in [6.07, 6.45) is 1.28. The highest BCUT2D eigenvalue weighted by atomic mass is 15.1. The van der Waals surface area contributed by atoms with Gasteiger partial charge in [-0.25, -0.2) is 0 Å². The lowest BCUT2D eigenvalue weighted by Gasteiger charge is -2.36. The number of hydrogen-bond donors (Lipinski definition) is 1. The zero-order valence-corrected chi connectivity index (χ0v) is 18.4. The van der Waals surface area contributed by atoms with Crippen molar-refractivity contribution in [3.8, 4) is 0 Å². The number of nitrogens with one attached hydrogen (secondary N) is 1. The summed E-state index contributed by atoms with van der Waals surface area (Å²) < 4.78 is 0. The minimum absolute atomic E-state index is 0.408. The molecular formula is C26H33N3.